The number of benzene rings is 1. The number of nitrogens with zero attached hydrogens (tertiary/aromatic N) is 4. The van der Waals surface area contributed by atoms with Crippen LogP contribution in [-0.4, -0.2) is 14.8 Å². The van der Waals surface area contributed by atoms with Crippen LogP contribution in [0.1, 0.15) is 5.82 Å². The topological polar surface area (TPSA) is 80.5 Å². The van der Waals surface area contributed by atoms with E-state index in [4.69, 9.17) is 11.0 Å². The van der Waals surface area contributed by atoms with E-state index in [0.29, 0.717) is 5.69 Å². The average Bonchev–Trinajstić information content (AvgIpc) is 2.66. The number of rotatable bonds is 1. The lowest BCUT2D eigenvalue weighted by atomic mass is 10.3. The van der Waals surface area contributed by atoms with Crippen LogP contribution in [-0.2, 0) is 0 Å². The standard InChI is InChI=1S/C9H6IN5/c10-7-3-6(12)1-2-8(7)15-5-13-9(4-11)14-15/h1-3,5H,12H2. The van der Waals surface area contributed by atoms with Gasteiger partial charge in [0.1, 0.15) is 12.4 Å². The highest BCUT2D eigenvalue weighted by molar-refractivity contribution is 14.1. The number of hydrogen-bond acceptors (Lipinski definition) is 4. The van der Waals surface area contributed by atoms with Crippen LogP contribution in [0.4, 0.5) is 5.69 Å². The Hall–Kier alpha value is -1.62. The Bertz CT molecular complexity index is 540. The molecule has 5 nitrogen and oxygen atoms in total. The van der Waals surface area contributed by atoms with E-state index in [1.54, 1.807) is 10.7 Å². The molecule has 0 aliphatic heterocycles. The van der Waals surface area contributed by atoms with Crippen LogP contribution in [0.2, 0.25) is 0 Å². The number of aromatic nitrogens is 3. The lowest BCUT2D eigenvalue weighted by Crippen LogP contribution is -1.99. The molecule has 0 saturated heterocycles. The summed E-state index contributed by atoms with van der Waals surface area (Å²) in [6.07, 6.45) is 1.51. The first kappa shape index (κ1) is 9.92. The Morgan fingerprint density at radius 2 is 2.27 bits per heavy atom. The molecule has 0 bridgehead atoms. The largest absolute Gasteiger partial charge is 0.399 e. The molecule has 0 fully saturated rings. The van der Waals surface area contributed by atoms with Crippen LogP contribution in [0.3, 0.4) is 0 Å². The van der Waals surface area contributed by atoms with Crippen LogP contribution >= 0.6 is 22.6 Å². The van der Waals surface area contributed by atoms with Crippen molar-refractivity contribution in [3.05, 3.63) is 33.9 Å². The minimum atomic E-state index is 0.155. The molecule has 2 aromatic rings. The second-order valence-electron chi connectivity index (χ2n) is 2.84. The van der Waals surface area contributed by atoms with E-state index in [9.17, 15) is 0 Å². The zero-order valence-corrected chi connectivity index (χ0v) is 9.71. The van der Waals surface area contributed by atoms with Crippen LogP contribution in [0.25, 0.3) is 5.69 Å². The molecule has 74 valence electrons. The molecule has 0 aliphatic carbocycles. The van der Waals surface area contributed by atoms with Gasteiger partial charge >= 0.3 is 0 Å². The monoisotopic (exact) mass is 311 g/mol. The van der Waals surface area contributed by atoms with Crippen molar-refractivity contribution < 1.29 is 0 Å². The average molecular weight is 311 g/mol. The van der Waals surface area contributed by atoms with E-state index in [1.165, 1.54) is 6.33 Å². The Kier molecular flexibility index (Phi) is 2.55. The van der Waals surface area contributed by atoms with Gasteiger partial charge in [-0.2, -0.15) is 5.26 Å². The van der Waals surface area contributed by atoms with Crippen LogP contribution < -0.4 is 5.73 Å². The molecule has 0 amide bonds. The van der Waals surface area contributed by atoms with Crippen molar-refractivity contribution in [1.82, 2.24) is 14.8 Å². The quantitative estimate of drug-likeness (QED) is 0.636. The normalized spacial score (nSPS) is 9.87. The summed E-state index contributed by atoms with van der Waals surface area (Å²) in [6.45, 7) is 0. The van der Waals surface area contributed by atoms with Gasteiger partial charge in [-0.1, -0.05) is 0 Å². The molecule has 6 heteroatoms. The highest BCUT2D eigenvalue weighted by atomic mass is 127. The molecule has 0 spiro atoms. The third-order valence-electron chi connectivity index (χ3n) is 1.81. The van der Waals surface area contributed by atoms with Crippen molar-refractivity contribution >= 4 is 28.3 Å². The molecule has 2 rings (SSSR count). The van der Waals surface area contributed by atoms with Crippen molar-refractivity contribution in [2.24, 2.45) is 0 Å². The number of halogens is 1. The second kappa shape index (κ2) is 3.86. The van der Waals surface area contributed by atoms with Gasteiger partial charge in [-0.15, -0.1) is 5.10 Å². The maximum atomic E-state index is 8.60. The molecule has 0 saturated carbocycles. The summed E-state index contributed by atoms with van der Waals surface area (Å²) in [5.74, 6) is 0.155. The second-order valence-corrected chi connectivity index (χ2v) is 4.00. The molecule has 0 radical (unpaired) electrons. The van der Waals surface area contributed by atoms with Gasteiger partial charge in [-0.25, -0.2) is 9.67 Å². The van der Waals surface area contributed by atoms with E-state index in [0.717, 1.165) is 9.26 Å². The van der Waals surface area contributed by atoms with Gasteiger partial charge in [-0.05, 0) is 40.8 Å². The molecule has 1 aromatic heterocycles. The highest BCUT2D eigenvalue weighted by Gasteiger charge is 2.05. The summed E-state index contributed by atoms with van der Waals surface area (Å²) >= 11 is 2.16. The Balaban J connectivity index is 2.50. The number of nitrogen functional groups attached to an aromatic ring is 1. The summed E-state index contributed by atoms with van der Waals surface area (Å²) < 4.78 is 2.52. The van der Waals surface area contributed by atoms with Gasteiger partial charge in [0, 0.05) is 9.26 Å². The summed E-state index contributed by atoms with van der Waals surface area (Å²) in [6, 6.07) is 7.34. The molecule has 2 N–H and O–H groups in total. The van der Waals surface area contributed by atoms with Crippen molar-refractivity contribution in [2.75, 3.05) is 5.73 Å². The van der Waals surface area contributed by atoms with Gasteiger partial charge < -0.3 is 5.73 Å². The maximum Gasteiger partial charge on any atom is 0.252 e. The molecule has 0 atom stereocenters. The maximum absolute atomic E-state index is 8.60. The minimum Gasteiger partial charge on any atom is -0.399 e. The Labute approximate surface area is 99.7 Å². The molecule has 1 heterocycles. The predicted octanol–water partition coefficient (Wildman–Crippen LogP) is 1.33. The first-order chi connectivity index (χ1) is 7.20. The van der Waals surface area contributed by atoms with Crippen LogP contribution in [0.5, 0.6) is 0 Å². The van der Waals surface area contributed by atoms with Crippen molar-refractivity contribution in [3.8, 4) is 11.8 Å². The SMILES string of the molecule is N#Cc1ncn(-c2ccc(N)cc2I)n1. The number of hydrogen-bond donors (Lipinski definition) is 1. The number of nitrogens with two attached hydrogens (primary N) is 1. The van der Waals surface area contributed by atoms with E-state index in [2.05, 4.69) is 32.7 Å². The van der Waals surface area contributed by atoms with Crippen molar-refractivity contribution in [3.63, 3.8) is 0 Å². The third-order valence-corrected chi connectivity index (χ3v) is 2.67. The van der Waals surface area contributed by atoms with Crippen molar-refractivity contribution in [2.45, 2.75) is 0 Å². The first-order valence-electron chi connectivity index (χ1n) is 4.08. The van der Waals surface area contributed by atoms with E-state index in [-0.39, 0.29) is 5.82 Å². The zero-order valence-electron chi connectivity index (χ0n) is 7.55. The van der Waals surface area contributed by atoms with Gasteiger partial charge in [0.05, 0.1) is 5.69 Å². The third kappa shape index (κ3) is 1.92. The number of anilines is 1. The smallest absolute Gasteiger partial charge is 0.252 e. The minimum absolute atomic E-state index is 0.155. The number of nitriles is 1. The molecule has 15 heavy (non-hydrogen) atoms. The van der Waals surface area contributed by atoms with Gasteiger partial charge in [0.15, 0.2) is 0 Å². The lowest BCUT2D eigenvalue weighted by molar-refractivity contribution is 0.868. The summed E-state index contributed by atoms with van der Waals surface area (Å²) in [7, 11) is 0. The van der Waals surface area contributed by atoms with Gasteiger partial charge in [0.2, 0.25) is 0 Å². The van der Waals surface area contributed by atoms with Crippen LogP contribution in [0, 0.1) is 14.9 Å². The fourth-order valence-corrected chi connectivity index (χ4v) is 1.93. The Morgan fingerprint density at radius 1 is 1.47 bits per heavy atom. The summed E-state index contributed by atoms with van der Waals surface area (Å²) in [5.41, 5.74) is 7.19. The molecule has 0 unspecified atom stereocenters. The lowest BCUT2D eigenvalue weighted by Gasteiger charge is -2.03. The fourth-order valence-electron chi connectivity index (χ4n) is 1.14. The van der Waals surface area contributed by atoms with Gasteiger partial charge in [-0.3, -0.25) is 0 Å². The van der Waals surface area contributed by atoms with Crippen LogP contribution in [0.15, 0.2) is 24.5 Å². The molecular weight excluding hydrogens is 305 g/mol. The summed E-state index contributed by atoms with van der Waals surface area (Å²) in [4.78, 5) is 3.83. The summed E-state index contributed by atoms with van der Waals surface area (Å²) in [5, 5.41) is 12.6. The highest BCUT2D eigenvalue weighted by Crippen LogP contribution is 2.18. The zero-order chi connectivity index (χ0) is 10.8. The van der Waals surface area contributed by atoms with E-state index < -0.39 is 0 Å². The fraction of sp³-hybridized carbons (Fsp3) is 0. The molecular formula is C9H6IN5. The molecule has 1 aromatic carbocycles. The predicted molar refractivity (Wildman–Crippen MR) is 63.2 cm³/mol. The first-order valence-corrected chi connectivity index (χ1v) is 5.16. The Morgan fingerprint density at radius 3 is 2.87 bits per heavy atom. The van der Waals surface area contributed by atoms with E-state index in [1.807, 2.05) is 18.2 Å². The van der Waals surface area contributed by atoms with E-state index >= 15 is 0 Å². The molecule has 0 aliphatic rings. The van der Waals surface area contributed by atoms with Gasteiger partial charge in [0.25, 0.3) is 5.82 Å². The van der Waals surface area contributed by atoms with Crippen molar-refractivity contribution in [1.29, 1.82) is 5.26 Å².